The van der Waals surface area contributed by atoms with E-state index in [-0.39, 0.29) is 0 Å². The van der Waals surface area contributed by atoms with E-state index in [0.29, 0.717) is 5.69 Å². The highest BCUT2D eigenvalue weighted by Gasteiger charge is 2.16. The summed E-state index contributed by atoms with van der Waals surface area (Å²) in [6, 6.07) is 5.29. The Kier molecular flexibility index (Phi) is 3.44. The molecule has 78 valence electrons. The number of benzene rings is 1. The molecule has 0 atom stereocenters. The summed E-state index contributed by atoms with van der Waals surface area (Å²) in [5, 5.41) is 0. The molecule has 0 aliphatic heterocycles. The van der Waals surface area contributed by atoms with Gasteiger partial charge in [-0.1, -0.05) is 15.9 Å². The molecule has 0 unspecified atom stereocenters. The second kappa shape index (κ2) is 4.08. The highest BCUT2D eigenvalue weighted by molar-refractivity contribution is 9.10. The lowest BCUT2D eigenvalue weighted by molar-refractivity contribution is 0.608. The maximum Gasteiger partial charge on any atom is 0.321 e. The highest BCUT2D eigenvalue weighted by atomic mass is 79.9. The molecule has 1 aromatic carbocycles. The molecule has 0 radical (unpaired) electrons. The van der Waals surface area contributed by atoms with Gasteiger partial charge < -0.3 is 0 Å². The Morgan fingerprint density at radius 1 is 1.43 bits per heavy atom. The van der Waals surface area contributed by atoms with Crippen molar-refractivity contribution in [2.24, 2.45) is 0 Å². The van der Waals surface area contributed by atoms with Gasteiger partial charge in [-0.3, -0.25) is 4.31 Å². The third-order valence-corrected chi connectivity index (χ3v) is 3.79. The van der Waals surface area contributed by atoms with Crippen molar-refractivity contribution >= 4 is 41.5 Å². The van der Waals surface area contributed by atoms with Gasteiger partial charge >= 0.3 is 9.24 Å². The van der Waals surface area contributed by atoms with Crippen LogP contribution in [0, 0.1) is 6.92 Å². The Hall–Kier alpha value is -0.260. The van der Waals surface area contributed by atoms with E-state index in [2.05, 4.69) is 15.9 Å². The fourth-order valence-electron chi connectivity index (χ4n) is 1.09. The molecule has 0 saturated carbocycles. The monoisotopic (exact) mass is 297 g/mol. The number of rotatable bonds is 2. The van der Waals surface area contributed by atoms with E-state index in [1.807, 2.05) is 13.0 Å². The van der Waals surface area contributed by atoms with E-state index in [9.17, 15) is 8.42 Å². The topological polar surface area (TPSA) is 37.4 Å². The molecular formula is C8H9BrClNO2S. The molecule has 0 aromatic heterocycles. The number of halogens is 2. The molecule has 6 heteroatoms. The summed E-state index contributed by atoms with van der Waals surface area (Å²) in [5.74, 6) is 0. The Morgan fingerprint density at radius 2 is 2.00 bits per heavy atom. The molecule has 1 aromatic rings. The molecule has 0 amide bonds. The predicted molar refractivity (Wildman–Crippen MR) is 62.1 cm³/mol. The zero-order chi connectivity index (χ0) is 10.9. The summed E-state index contributed by atoms with van der Waals surface area (Å²) in [5.41, 5.74) is 1.41. The van der Waals surface area contributed by atoms with Crippen LogP contribution in [0.5, 0.6) is 0 Å². The smallest absolute Gasteiger partial charge is 0.260 e. The van der Waals surface area contributed by atoms with Crippen LogP contribution in [0.3, 0.4) is 0 Å². The first-order valence-electron chi connectivity index (χ1n) is 3.77. The van der Waals surface area contributed by atoms with Crippen LogP contribution in [0.25, 0.3) is 0 Å². The largest absolute Gasteiger partial charge is 0.321 e. The Labute approximate surface area is 96.4 Å². The molecule has 0 saturated heterocycles. The van der Waals surface area contributed by atoms with Crippen LogP contribution in [0.1, 0.15) is 5.56 Å². The van der Waals surface area contributed by atoms with E-state index in [4.69, 9.17) is 10.7 Å². The molecule has 0 aliphatic carbocycles. The summed E-state index contributed by atoms with van der Waals surface area (Å²) in [6.07, 6.45) is 0. The van der Waals surface area contributed by atoms with Gasteiger partial charge in [-0.05, 0) is 30.7 Å². The first kappa shape index (κ1) is 11.8. The SMILES string of the molecule is Cc1cc(Br)ccc1N(C)S(=O)(=O)Cl. The third-order valence-electron chi connectivity index (χ3n) is 1.83. The van der Waals surface area contributed by atoms with Gasteiger partial charge in [0.2, 0.25) is 0 Å². The van der Waals surface area contributed by atoms with Crippen LogP contribution in [0.15, 0.2) is 22.7 Å². The third kappa shape index (κ3) is 2.62. The van der Waals surface area contributed by atoms with Gasteiger partial charge in [-0.25, -0.2) is 0 Å². The molecule has 3 nitrogen and oxygen atoms in total. The second-order valence-corrected chi connectivity index (χ2v) is 6.30. The van der Waals surface area contributed by atoms with Gasteiger partial charge in [0, 0.05) is 22.2 Å². The minimum absolute atomic E-state index is 0.572. The summed E-state index contributed by atoms with van der Waals surface area (Å²) in [6.45, 7) is 1.82. The normalized spacial score (nSPS) is 11.4. The van der Waals surface area contributed by atoms with Gasteiger partial charge in [-0.2, -0.15) is 8.42 Å². The van der Waals surface area contributed by atoms with Gasteiger partial charge in [0.25, 0.3) is 0 Å². The van der Waals surface area contributed by atoms with Gasteiger partial charge in [0.15, 0.2) is 0 Å². The lowest BCUT2D eigenvalue weighted by Gasteiger charge is -2.17. The van der Waals surface area contributed by atoms with Crippen LogP contribution < -0.4 is 4.31 Å². The molecule has 1 rings (SSSR count). The standard InChI is InChI=1S/C8H9BrClNO2S/c1-6-5-7(9)3-4-8(6)11(2)14(10,12)13/h3-5H,1-2H3. The van der Waals surface area contributed by atoms with Gasteiger partial charge in [-0.15, -0.1) is 0 Å². The molecule has 0 heterocycles. The molecule has 0 fully saturated rings. The van der Waals surface area contributed by atoms with Crippen molar-refractivity contribution in [2.75, 3.05) is 11.4 Å². The quantitative estimate of drug-likeness (QED) is 0.787. The molecule has 0 bridgehead atoms. The molecule has 14 heavy (non-hydrogen) atoms. The predicted octanol–water partition coefficient (Wildman–Crippen LogP) is 2.68. The number of anilines is 1. The van der Waals surface area contributed by atoms with E-state index in [1.54, 1.807) is 12.1 Å². The minimum Gasteiger partial charge on any atom is -0.260 e. The van der Waals surface area contributed by atoms with E-state index in [1.165, 1.54) is 7.05 Å². The van der Waals surface area contributed by atoms with Crippen LogP contribution in [-0.4, -0.2) is 15.5 Å². The molecule has 0 N–H and O–H groups in total. The summed E-state index contributed by atoms with van der Waals surface area (Å²) >= 11 is 3.29. The zero-order valence-corrected chi connectivity index (χ0v) is 10.8. The number of nitrogens with zero attached hydrogens (tertiary/aromatic N) is 1. The number of aryl methyl sites for hydroxylation is 1. The lowest BCUT2D eigenvalue weighted by Crippen LogP contribution is -2.21. The second-order valence-electron chi connectivity index (χ2n) is 2.84. The first-order chi connectivity index (χ1) is 6.32. The fraction of sp³-hybridized carbons (Fsp3) is 0.250. The van der Waals surface area contributed by atoms with Crippen molar-refractivity contribution < 1.29 is 8.42 Å². The van der Waals surface area contributed by atoms with Crippen molar-refractivity contribution in [3.8, 4) is 0 Å². The summed E-state index contributed by atoms with van der Waals surface area (Å²) in [7, 11) is 2.93. The van der Waals surface area contributed by atoms with Crippen LogP contribution in [0.2, 0.25) is 0 Å². The minimum atomic E-state index is -3.70. The van der Waals surface area contributed by atoms with Gasteiger partial charge in [0.05, 0.1) is 5.69 Å². The van der Waals surface area contributed by atoms with Crippen molar-refractivity contribution in [1.82, 2.24) is 0 Å². The number of hydrogen-bond acceptors (Lipinski definition) is 2. The Morgan fingerprint density at radius 3 is 2.43 bits per heavy atom. The average molecular weight is 299 g/mol. The Bertz CT molecular complexity index is 447. The number of hydrogen-bond donors (Lipinski definition) is 0. The van der Waals surface area contributed by atoms with Crippen molar-refractivity contribution in [1.29, 1.82) is 0 Å². The molecule has 0 aliphatic rings. The van der Waals surface area contributed by atoms with Crippen LogP contribution in [-0.2, 0) is 9.24 Å². The van der Waals surface area contributed by atoms with E-state index < -0.39 is 9.24 Å². The first-order valence-corrected chi connectivity index (χ1v) is 6.83. The molecular weight excluding hydrogens is 290 g/mol. The maximum atomic E-state index is 11.0. The van der Waals surface area contributed by atoms with Crippen molar-refractivity contribution in [3.05, 3.63) is 28.2 Å². The zero-order valence-electron chi connectivity index (χ0n) is 7.66. The average Bonchev–Trinajstić information content (AvgIpc) is 2.01. The van der Waals surface area contributed by atoms with Crippen molar-refractivity contribution in [3.63, 3.8) is 0 Å². The summed E-state index contributed by atoms with van der Waals surface area (Å²) < 4.78 is 24.0. The van der Waals surface area contributed by atoms with Crippen molar-refractivity contribution in [2.45, 2.75) is 6.92 Å². The van der Waals surface area contributed by atoms with Crippen LogP contribution >= 0.6 is 26.6 Å². The maximum absolute atomic E-state index is 11.0. The van der Waals surface area contributed by atoms with E-state index in [0.717, 1.165) is 14.3 Å². The van der Waals surface area contributed by atoms with Crippen LogP contribution in [0.4, 0.5) is 5.69 Å². The fourth-order valence-corrected chi connectivity index (χ4v) is 2.23. The van der Waals surface area contributed by atoms with Gasteiger partial charge in [0.1, 0.15) is 0 Å². The highest BCUT2D eigenvalue weighted by Crippen LogP contribution is 2.25. The molecule has 0 spiro atoms. The summed E-state index contributed by atoms with van der Waals surface area (Å²) in [4.78, 5) is 0. The lowest BCUT2D eigenvalue weighted by atomic mass is 10.2. The Balaban J connectivity index is 3.21. The van der Waals surface area contributed by atoms with E-state index >= 15 is 0 Å².